The standard InChI is InChI=1S/C22H38N4O3/c1-5-23-22(24-15-18-7-8-20(27)21(14-18)29-6-2)25-16-19(13-17(3)4)26-9-11-28-12-10-26/h7-8,14,17,19,27H,5-6,9-13,15-16H2,1-4H3,(H2,23,24,25). The molecule has 1 aliphatic heterocycles. The second-order valence-corrected chi connectivity index (χ2v) is 7.74. The molecule has 1 unspecified atom stereocenters. The lowest BCUT2D eigenvalue weighted by atomic mass is 10.0. The summed E-state index contributed by atoms with van der Waals surface area (Å²) in [6, 6.07) is 5.84. The number of benzene rings is 1. The minimum absolute atomic E-state index is 0.159. The Morgan fingerprint density at radius 1 is 1.24 bits per heavy atom. The summed E-state index contributed by atoms with van der Waals surface area (Å²) in [7, 11) is 0. The molecule has 0 aliphatic carbocycles. The Morgan fingerprint density at radius 3 is 2.66 bits per heavy atom. The van der Waals surface area contributed by atoms with Crippen LogP contribution >= 0.6 is 0 Å². The van der Waals surface area contributed by atoms with Crippen molar-refractivity contribution in [2.45, 2.75) is 46.7 Å². The molecule has 29 heavy (non-hydrogen) atoms. The smallest absolute Gasteiger partial charge is 0.191 e. The van der Waals surface area contributed by atoms with Gasteiger partial charge in [0.25, 0.3) is 0 Å². The first kappa shape index (κ1) is 23.3. The van der Waals surface area contributed by atoms with E-state index in [1.54, 1.807) is 6.07 Å². The largest absolute Gasteiger partial charge is 0.504 e. The van der Waals surface area contributed by atoms with Gasteiger partial charge in [0.05, 0.1) is 26.4 Å². The van der Waals surface area contributed by atoms with Crippen molar-refractivity contribution in [2.75, 3.05) is 46.0 Å². The fourth-order valence-electron chi connectivity index (χ4n) is 3.50. The molecule has 7 nitrogen and oxygen atoms in total. The number of rotatable bonds is 10. The topological polar surface area (TPSA) is 78.4 Å². The molecule has 1 aromatic rings. The van der Waals surface area contributed by atoms with Gasteiger partial charge in [0.1, 0.15) is 0 Å². The number of aromatic hydroxyl groups is 1. The summed E-state index contributed by atoms with van der Waals surface area (Å²) in [6.07, 6.45) is 1.14. The summed E-state index contributed by atoms with van der Waals surface area (Å²) in [5, 5.41) is 16.7. The van der Waals surface area contributed by atoms with E-state index < -0.39 is 0 Å². The van der Waals surface area contributed by atoms with E-state index in [1.807, 2.05) is 19.1 Å². The zero-order valence-electron chi connectivity index (χ0n) is 18.4. The number of aliphatic imine (C=N–C) groups is 1. The SMILES string of the molecule is CCNC(=NCc1ccc(O)c(OCC)c1)NCC(CC(C)C)N1CCOCC1. The summed E-state index contributed by atoms with van der Waals surface area (Å²) in [5.74, 6) is 2.10. The first-order chi connectivity index (χ1) is 14.0. The van der Waals surface area contributed by atoms with Gasteiger partial charge < -0.3 is 25.2 Å². The molecule has 2 rings (SSSR count). The van der Waals surface area contributed by atoms with Gasteiger partial charge in [-0.05, 0) is 43.9 Å². The maximum Gasteiger partial charge on any atom is 0.191 e. The van der Waals surface area contributed by atoms with Crippen LogP contribution in [0.4, 0.5) is 0 Å². The molecule has 1 aliphatic rings. The lowest BCUT2D eigenvalue weighted by molar-refractivity contribution is 0.0132. The lowest BCUT2D eigenvalue weighted by Crippen LogP contribution is -2.51. The van der Waals surface area contributed by atoms with Crippen LogP contribution < -0.4 is 15.4 Å². The molecular weight excluding hydrogens is 368 g/mol. The number of phenols is 1. The van der Waals surface area contributed by atoms with E-state index >= 15 is 0 Å². The van der Waals surface area contributed by atoms with Crippen LogP contribution in [0.5, 0.6) is 11.5 Å². The van der Waals surface area contributed by atoms with Crippen molar-refractivity contribution >= 4 is 5.96 Å². The third-order valence-electron chi connectivity index (χ3n) is 4.90. The van der Waals surface area contributed by atoms with Gasteiger partial charge in [0.15, 0.2) is 17.5 Å². The number of ether oxygens (including phenoxy) is 2. The number of hydrogen-bond acceptors (Lipinski definition) is 5. The Balaban J connectivity index is 2.00. The molecule has 0 amide bonds. The van der Waals surface area contributed by atoms with E-state index in [1.165, 1.54) is 0 Å². The molecule has 0 spiro atoms. The molecule has 1 aromatic carbocycles. The van der Waals surface area contributed by atoms with Gasteiger partial charge in [-0.1, -0.05) is 19.9 Å². The number of phenolic OH excluding ortho intramolecular Hbond substituents is 1. The second kappa shape index (κ2) is 12.5. The van der Waals surface area contributed by atoms with E-state index in [-0.39, 0.29) is 5.75 Å². The maximum absolute atomic E-state index is 9.87. The normalized spacial score (nSPS) is 16.7. The average Bonchev–Trinajstić information content (AvgIpc) is 2.71. The van der Waals surface area contributed by atoms with Gasteiger partial charge in [-0.25, -0.2) is 4.99 Å². The van der Waals surface area contributed by atoms with Gasteiger partial charge in [0.2, 0.25) is 0 Å². The Bertz CT molecular complexity index is 630. The summed E-state index contributed by atoms with van der Waals surface area (Å²) < 4.78 is 11.0. The summed E-state index contributed by atoms with van der Waals surface area (Å²) in [5.41, 5.74) is 0.996. The summed E-state index contributed by atoms with van der Waals surface area (Å²) >= 11 is 0. The predicted octanol–water partition coefficient (Wildman–Crippen LogP) is 2.59. The maximum atomic E-state index is 9.87. The molecule has 1 saturated heterocycles. The Labute approximate surface area is 175 Å². The number of guanidine groups is 1. The van der Waals surface area contributed by atoms with Crippen LogP contribution in [-0.4, -0.2) is 68.0 Å². The molecule has 1 heterocycles. The van der Waals surface area contributed by atoms with Gasteiger partial charge in [0, 0.05) is 32.2 Å². The van der Waals surface area contributed by atoms with E-state index in [2.05, 4.69) is 36.3 Å². The van der Waals surface area contributed by atoms with Crippen LogP contribution in [-0.2, 0) is 11.3 Å². The third-order valence-corrected chi connectivity index (χ3v) is 4.90. The number of hydrogen-bond donors (Lipinski definition) is 3. The second-order valence-electron chi connectivity index (χ2n) is 7.74. The van der Waals surface area contributed by atoms with Crippen molar-refractivity contribution < 1.29 is 14.6 Å². The van der Waals surface area contributed by atoms with Crippen LogP contribution in [0.1, 0.15) is 39.7 Å². The van der Waals surface area contributed by atoms with Crippen LogP contribution in [0.2, 0.25) is 0 Å². The van der Waals surface area contributed by atoms with Crippen molar-refractivity contribution in [2.24, 2.45) is 10.9 Å². The average molecular weight is 407 g/mol. The van der Waals surface area contributed by atoms with E-state index in [0.29, 0.717) is 30.9 Å². The van der Waals surface area contributed by atoms with Crippen molar-refractivity contribution in [1.82, 2.24) is 15.5 Å². The molecule has 7 heteroatoms. The lowest BCUT2D eigenvalue weighted by Gasteiger charge is -2.35. The Kier molecular flexibility index (Phi) is 10.1. The van der Waals surface area contributed by atoms with Gasteiger partial charge in [-0.2, -0.15) is 0 Å². The zero-order valence-corrected chi connectivity index (χ0v) is 18.4. The van der Waals surface area contributed by atoms with Gasteiger partial charge >= 0.3 is 0 Å². The zero-order chi connectivity index (χ0) is 21.1. The monoisotopic (exact) mass is 406 g/mol. The Morgan fingerprint density at radius 2 is 2.00 bits per heavy atom. The van der Waals surface area contributed by atoms with Crippen molar-refractivity contribution in [3.63, 3.8) is 0 Å². The van der Waals surface area contributed by atoms with E-state index in [9.17, 15) is 5.11 Å². The molecule has 0 bridgehead atoms. The highest BCUT2D eigenvalue weighted by molar-refractivity contribution is 5.79. The van der Waals surface area contributed by atoms with Crippen LogP contribution in [0.25, 0.3) is 0 Å². The van der Waals surface area contributed by atoms with E-state index in [4.69, 9.17) is 14.5 Å². The van der Waals surface area contributed by atoms with Gasteiger partial charge in [-0.3, -0.25) is 4.90 Å². The van der Waals surface area contributed by atoms with Crippen molar-refractivity contribution in [3.05, 3.63) is 23.8 Å². The Hall–Kier alpha value is -1.99. The quantitative estimate of drug-likeness (QED) is 0.410. The minimum Gasteiger partial charge on any atom is -0.504 e. The molecule has 1 fully saturated rings. The molecule has 164 valence electrons. The number of nitrogens with zero attached hydrogens (tertiary/aromatic N) is 2. The fourth-order valence-corrected chi connectivity index (χ4v) is 3.50. The number of morpholine rings is 1. The fraction of sp³-hybridized carbons (Fsp3) is 0.682. The molecule has 0 aromatic heterocycles. The number of nitrogens with one attached hydrogen (secondary N) is 2. The van der Waals surface area contributed by atoms with Crippen LogP contribution in [0.15, 0.2) is 23.2 Å². The highest BCUT2D eigenvalue weighted by Gasteiger charge is 2.22. The van der Waals surface area contributed by atoms with Crippen molar-refractivity contribution in [1.29, 1.82) is 0 Å². The van der Waals surface area contributed by atoms with Crippen molar-refractivity contribution in [3.8, 4) is 11.5 Å². The first-order valence-electron chi connectivity index (χ1n) is 10.8. The third kappa shape index (κ3) is 8.11. The molecular formula is C22H38N4O3. The van der Waals surface area contributed by atoms with Gasteiger partial charge in [-0.15, -0.1) is 0 Å². The summed E-state index contributed by atoms with van der Waals surface area (Å²) in [6.45, 7) is 14.8. The highest BCUT2D eigenvalue weighted by Crippen LogP contribution is 2.27. The minimum atomic E-state index is 0.159. The molecule has 0 saturated carbocycles. The van der Waals surface area contributed by atoms with E-state index in [0.717, 1.165) is 57.3 Å². The first-order valence-corrected chi connectivity index (χ1v) is 10.8. The molecule has 0 radical (unpaired) electrons. The summed E-state index contributed by atoms with van der Waals surface area (Å²) in [4.78, 5) is 7.25. The van der Waals surface area contributed by atoms with Crippen LogP contribution in [0, 0.1) is 5.92 Å². The molecule has 3 N–H and O–H groups in total. The van der Waals surface area contributed by atoms with Crippen LogP contribution in [0.3, 0.4) is 0 Å². The predicted molar refractivity (Wildman–Crippen MR) is 118 cm³/mol. The molecule has 1 atom stereocenters. The highest BCUT2D eigenvalue weighted by atomic mass is 16.5.